The standard InChI is InChI=1S/C15H22N2O4/c1-14(2,3)21-13(18)17-12-6-5-10(20-4)7-11(12)15(19)8-16-9-15/h5-7,16,19H,8-9H2,1-4H3,(H,17,18). The lowest BCUT2D eigenvalue weighted by molar-refractivity contribution is -0.0141. The number of amides is 1. The van der Waals surface area contributed by atoms with Crippen molar-refractivity contribution < 1.29 is 19.4 Å². The predicted octanol–water partition coefficient (Wildman–Crippen LogP) is 1.83. The molecule has 0 aliphatic carbocycles. The summed E-state index contributed by atoms with van der Waals surface area (Å²) in [6, 6.07) is 5.16. The van der Waals surface area contributed by atoms with Crippen molar-refractivity contribution in [2.75, 3.05) is 25.5 Å². The molecule has 0 radical (unpaired) electrons. The summed E-state index contributed by atoms with van der Waals surface area (Å²) in [6.07, 6.45) is -0.551. The third-order valence-corrected chi connectivity index (χ3v) is 3.20. The average molecular weight is 294 g/mol. The second-order valence-electron chi connectivity index (χ2n) is 6.17. The Hall–Kier alpha value is -1.79. The van der Waals surface area contributed by atoms with E-state index in [2.05, 4.69) is 10.6 Å². The zero-order chi connectivity index (χ0) is 15.7. The van der Waals surface area contributed by atoms with Crippen molar-refractivity contribution in [3.05, 3.63) is 23.8 Å². The second-order valence-corrected chi connectivity index (χ2v) is 6.17. The van der Waals surface area contributed by atoms with Gasteiger partial charge in [0.05, 0.1) is 12.8 Å². The number of hydrogen-bond donors (Lipinski definition) is 3. The van der Waals surface area contributed by atoms with E-state index in [0.717, 1.165) is 0 Å². The molecule has 3 N–H and O–H groups in total. The van der Waals surface area contributed by atoms with Gasteiger partial charge in [-0.05, 0) is 39.0 Å². The van der Waals surface area contributed by atoms with Gasteiger partial charge in [0.25, 0.3) is 0 Å². The molecule has 0 aromatic heterocycles. The molecular formula is C15H22N2O4. The van der Waals surface area contributed by atoms with Crippen molar-refractivity contribution in [1.29, 1.82) is 0 Å². The van der Waals surface area contributed by atoms with Gasteiger partial charge in [0.1, 0.15) is 17.0 Å². The maximum Gasteiger partial charge on any atom is 0.412 e. The van der Waals surface area contributed by atoms with E-state index in [1.807, 2.05) is 0 Å². The number of benzene rings is 1. The Labute approximate surface area is 124 Å². The third-order valence-electron chi connectivity index (χ3n) is 3.20. The molecule has 1 heterocycles. The van der Waals surface area contributed by atoms with Crippen LogP contribution in [-0.4, -0.2) is 37.0 Å². The van der Waals surface area contributed by atoms with Crippen LogP contribution in [-0.2, 0) is 10.3 Å². The summed E-state index contributed by atoms with van der Waals surface area (Å²) < 4.78 is 10.4. The number of carbonyl (C=O) groups excluding carboxylic acids is 1. The van der Waals surface area contributed by atoms with Crippen LogP contribution in [0.1, 0.15) is 26.3 Å². The van der Waals surface area contributed by atoms with Crippen LogP contribution in [0.15, 0.2) is 18.2 Å². The number of nitrogens with one attached hydrogen (secondary N) is 2. The number of hydrogen-bond acceptors (Lipinski definition) is 5. The zero-order valence-corrected chi connectivity index (χ0v) is 12.8. The van der Waals surface area contributed by atoms with E-state index in [4.69, 9.17) is 9.47 Å². The predicted molar refractivity (Wildman–Crippen MR) is 79.6 cm³/mol. The van der Waals surface area contributed by atoms with Gasteiger partial charge in [-0.15, -0.1) is 0 Å². The first-order valence-electron chi connectivity index (χ1n) is 6.85. The van der Waals surface area contributed by atoms with Crippen molar-refractivity contribution in [3.8, 4) is 5.75 Å². The van der Waals surface area contributed by atoms with Crippen molar-refractivity contribution in [3.63, 3.8) is 0 Å². The molecule has 1 fully saturated rings. The van der Waals surface area contributed by atoms with E-state index in [0.29, 0.717) is 30.1 Å². The fraction of sp³-hybridized carbons (Fsp3) is 0.533. The van der Waals surface area contributed by atoms with E-state index in [9.17, 15) is 9.90 Å². The third kappa shape index (κ3) is 3.65. The van der Waals surface area contributed by atoms with Crippen LogP contribution in [0.4, 0.5) is 10.5 Å². The number of methoxy groups -OCH3 is 1. The quantitative estimate of drug-likeness (QED) is 0.792. The molecule has 1 amide bonds. The molecule has 6 nitrogen and oxygen atoms in total. The highest BCUT2D eigenvalue weighted by molar-refractivity contribution is 5.86. The van der Waals surface area contributed by atoms with Crippen molar-refractivity contribution in [1.82, 2.24) is 5.32 Å². The second kappa shape index (κ2) is 5.54. The normalized spacial score (nSPS) is 16.8. The van der Waals surface area contributed by atoms with Crippen LogP contribution in [0.5, 0.6) is 5.75 Å². The first kappa shape index (κ1) is 15.6. The topological polar surface area (TPSA) is 79.8 Å². The maximum absolute atomic E-state index is 11.9. The first-order chi connectivity index (χ1) is 9.73. The first-order valence-corrected chi connectivity index (χ1v) is 6.85. The summed E-state index contributed by atoms with van der Waals surface area (Å²) in [4.78, 5) is 11.9. The highest BCUT2D eigenvalue weighted by Gasteiger charge is 2.38. The van der Waals surface area contributed by atoms with Gasteiger partial charge in [-0.2, -0.15) is 0 Å². The summed E-state index contributed by atoms with van der Waals surface area (Å²) in [6.45, 7) is 6.26. The molecule has 0 atom stereocenters. The molecule has 0 spiro atoms. The number of rotatable bonds is 3. The van der Waals surface area contributed by atoms with Gasteiger partial charge in [0.15, 0.2) is 0 Å². The van der Waals surface area contributed by atoms with Crippen LogP contribution < -0.4 is 15.4 Å². The molecule has 0 bridgehead atoms. The van der Waals surface area contributed by atoms with Crippen LogP contribution in [0.2, 0.25) is 0 Å². The fourth-order valence-corrected chi connectivity index (χ4v) is 2.11. The fourth-order valence-electron chi connectivity index (χ4n) is 2.11. The maximum atomic E-state index is 11.9. The lowest BCUT2D eigenvalue weighted by Crippen LogP contribution is -2.57. The number of ether oxygens (including phenoxy) is 2. The van der Waals surface area contributed by atoms with Gasteiger partial charge in [0, 0.05) is 18.7 Å². The van der Waals surface area contributed by atoms with Crippen molar-refractivity contribution in [2.24, 2.45) is 0 Å². The van der Waals surface area contributed by atoms with Crippen LogP contribution >= 0.6 is 0 Å². The van der Waals surface area contributed by atoms with E-state index >= 15 is 0 Å². The van der Waals surface area contributed by atoms with E-state index in [1.165, 1.54) is 0 Å². The Morgan fingerprint density at radius 3 is 2.52 bits per heavy atom. The minimum absolute atomic E-state index is 0.434. The highest BCUT2D eigenvalue weighted by Crippen LogP contribution is 2.34. The number of aliphatic hydroxyl groups is 1. The van der Waals surface area contributed by atoms with Crippen LogP contribution in [0, 0.1) is 0 Å². The Morgan fingerprint density at radius 2 is 2.05 bits per heavy atom. The molecule has 21 heavy (non-hydrogen) atoms. The van der Waals surface area contributed by atoms with Gasteiger partial charge < -0.3 is 19.9 Å². The molecule has 2 rings (SSSR count). The van der Waals surface area contributed by atoms with Gasteiger partial charge in [-0.1, -0.05) is 0 Å². The van der Waals surface area contributed by atoms with Crippen LogP contribution in [0.25, 0.3) is 0 Å². The molecule has 0 saturated carbocycles. The molecule has 116 valence electrons. The smallest absolute Gasteiger partial charge is 0.412 e. The number of β-amino-alcohol motifs (C(OH)–C–C–N with tert-alkyl or cyclic N) is 1. The molecule has 1 aromatic rings. The molecule has 1 aliphatic heterocycles. The van der Waals surface area contributed by atoms with Gasteiger partial charge in [0.2, 0.25) is 0 Å². The SMILES string of the molecule is COc1ccc(NC(=O)OC(C)(C)C)c(C2(O)CNC2)c1. The Kier molecular flexibility index (Phi) is 4.11. The van der Waals surface area contributed by atoms with Crippen molar-refractivity contribution in [2.45, 2.75) is 32.0 Å². The molecule has 0 unspecified atom stereocenters. The molecule has 1 aliphatic rings. The van der Waals surface area contributed by atoms with Gasteiger partial charge in [-0.3, -0.25) is 5.32 Å². The monoisotopic (exact) mass is 294 g/mol. The summed E-state index contributed by atoms with van der Waals surface area (Å²) in [5, 5.41) is 16.2. The summed E-state index contributed by atoms with van der Waals surface area (Å²) in [5.41, 5.74) is -0.439. The molecule has 1 aromatic carbocycles. The van der Waals surface area contributed by atoms with E-state index in [-0.39, 0.29) is 0 Å². The van der Waals surface area contributed by atoms with Crippen molar-refractivity contribution >= 4 is 11.8 Å². The van der Waals surface area contributed by atoms with E-state index in [1.54, 1.807) is 46.1 Å². The lowest BCUT2D eigenvalue weighted by Gasteiger charge is -2.39. The summed E-state index contributed by atoms with van der Waals surface area (Å²) in [7, 11) is 1.56. The van der Waals surface area contributed by atoms with Crippen LogP contribution in [0.3, 0.4) is 0 Å². The lowest BCUT2D eigenvalue weighted by atomic mass is 9.87. The Morgan fingerprint density at radius 1 is 1.38 bits per heavy atom. The minimum atomic E-state index is -1.00. The van der Waals surface area contributed by atoms with Gasteiger partial charge >= 0.3 is 6.09 Å². The summed E-state index contributed by atoms with van der Waals surface area (Å²) in [5.74, 6) is 0.625. The largest absolute Gasteiger partial charge is 0.497 e. The Bertz CT molecular complexity index is 533. The Balaban J connectivity index is 2.24. The minimum Gasteiger partial charge on any atom is -0.497 e. The highest BCUT2D eigenvalue weighted by atomic mass is 16.6. The number of anilines is 1. The van der Waals surface area contributed by atoms with Gasteiger partial charge in [-0.25, -0.2) is 4.79 Å². The zero-order valence-electron chi connectivity index (χ0n) is 12.8. The van der Waals surface area contributed by atoms with E-state index < -0.39 is 17.3 Å². The number of carbonyl (C=O) groups is 1. The molecular weight excluding hydrogens is 272 g/mol. The molecule has 6 heteroatoms. The average Bonchev–Trinajstić information content (AvgIpc) is 2.34. The molecule has 1 saturated heterocycles. The summed E-state index contributed by atoms with van der Waals surface area (Å²) >= 11 is 0.